The van der Waals surface area contributed by atoms with E-state index in [1.54, 1.807) is 24.3 Å². The maximum Gasteiger partial charge on any atom is 0.221 e. The number of nitrogens with zero attached hydrogens (tertiary/aromatic N) is 6. The van der Waals surface area contributed by atoms with E-state index in [1.165, 1.54) is 25.2 Å². The molecule has 0 spiro atoms. The summed E-state index contributed by atoms with van der Waals surface area (Å²) in [6.45, 7) is 15.8. The van der Waals surface area contributed by atoms with Gasteiger partial charge in [-0.1, -0.05) is 30.8 Å². The first-order valence-electron chi connectivity index (χ1n) is 19.8. The van der Waals surface area contributed by atoms with Gasteiger partial charge in [-0.25, -0.2) is 0 Å². The molecule has 5 aromatic carbocycles. The smallest absolute Gasteiger partial charge is 0.221 e. The van der Waals surface area contributed by atoms with Gasteiger partial charge < -0.3 is 27.0 Å². The van der Waals surface area contributed by atoms with Crippen LogP contribution in [0.25, 0.3) is 0 Å². The van der Waals surface area contributed by atoms with Crippen LogP contribution in [0, 0.1) is 0 Å². The van der Waals surface area contributed by atoms with Gasteiger partial charge in [0.25, 0.3) is 0 Å². The molecule has 0 aliphatic carbocycles. The minimum Gasteiger partial charge on any atom is -0.399 e. The average Bonchev–Trinajstić information content (AvgIpc) is 3.18. The molecule has 5 aromatic rings. The van der Waals surface area contributed by atoms with Crippen LogP contribution in [-0.4, -0.2) is 81.8 Å². The van der Waals surface area contributed by atoms with Crippen molar-refractivity contribution in [1.82, 2.24) is 13.4 Å². The van der Waals surface area contributed by atoms with Gasteiger partial charge in [-0.2, -0.15) is 10.2 Å². The van der Waals surface area contributed by atoms with Crippen molar-refractivity contribution in [2.24, 2.45) is 10.2 Å². The Morgan fingerprint density at radius 3 is 1.38 bits per heavy atom. The van der Waals surface area contributed by atoms with Gasteiger partial charge in [0.05, 0.1) is 74.8 Å². The first-order chi connectivity index (χ1) is 28.5. The Bertz CT molecular complexity index is 2140. The zero-order valence-corrected chi connectivity index (χ0v) is 38.6. The Kier molecular flexibility index (Phi) is 21.6. The molecule has 0 unspecified atom stereocenters. The Labute approximate surface area is 365 Å². The Morgan fingerprint density at radius 2 is 0.967 bits per heavy atom. The third-order valence-electron chi connectivity index (χ3n) is 8.42. The molecule has 0 saturated carbocycles. The molecule has 0 radical (unpaired) electrons. The van der Waals surface area contributed by atoms with Crippen molar-refractivity contribution in [1.29, 1.82) is 0 Å². The molecule has 0 aromatic heterocycles. The summed E-state index contributed by atoms with van der Waals surface area (Å²) in [6.07, 6.45) is 1.83. The molecule has 326 valence electrons. The lowest BCUT2D eigenvalue weighted by molar-refractivity contribution is -0.115. The van der Waals surface area contributed by atoms with Crippen LogP contribution in [0.2, 0.25) is 0 Å². The molecule has 0 bridgehead atoms. The highest BCUT2D eigenvalue weighted by molar-refractivity contribution is 5.89. The van der Waals surface area contributed by atoms with Crippen molar-refractivity contribution in [3.05, 3.63) is 147 Å². The summed E-state index contributed by atoms with van der Waals surface area (Å²) in [5.41, 5.74) is 20.6. The van der Waals surface area contributed by atoms with Crippen LogP contribution < -0.4 is 40.4 Å². The highest BCUT2D eigenvalue weighted by Crippen LogP contribution is 2.26. The van der Waals surface area contributed by atoms with Crippen molar-refractivity contribution in [3.63, 3.8) is 0 Å². The second-order valence-electron chi connectivity index (χ2n) is 16.4. The fourth-order valence-corrected chi connectivity index (χ4v) is 5.18. The average molecular weight is 832 g/mol. The van der Waals surface area contributed by atoms with Crippen LogP contribution in [0.1, 0.15) is 20.8 Å². The number of nitrogens with one attached hydrogen (secondary N) is 2. The molecule has 12 nitrogen and oxygen atoms in total. The number of azo groups is 1. The lowest BCUT2D eigenvalue weighted by atomic mass is 10.2. The predicted molar refractivity (Wildman–Crippen MR) is 267 cm³/mol. The number of quaternary nitrogens is 3. The summed E-state index contributed by atoms with van der Waals surface area (Å²) in [5, 5.41) is 14.1. The Morgan fingerprint density at radius 1 is 0.574 bits per heavy atom. The summed E-state index contributed by atoms with van der Waals surface area (Å²) in [5.74, 6) is -0.126. The van der Waals surface area contributed by atoms with Gasteiger partial charge in [0.1, 0.15) is 17.1 Å². The van der Waals surface area contributed by atoms with Gasteiger partial charge in [-0.3, -0.25) is 23.0 Å². The number of benzene rings is 5. The van der Waals surface area contributed by atoms with Gasteiger partial charge in [0.2, 0.25) is 11.8 Å². The first kappa shape index (κ1) is 52.4. The molecule has 5 rings (SSSR count). The van der Waals surface area contributed by atoms with Crippen LogP contribution in [0.3, 0.4) is 0 Å². The van der Waals surface area contributed by atoms with Crippen LogP contribution in [0.15, 0.2) is 157 Å². The van der Waals surface area contributed by atoms with E-state index < -0.39 is 0 Å². The third-order valence-corrected chi connectivity index (χ3v) is 8.42. The van der Waals surface area contributed by atoms with Gasteiger partial charge in [0.15, 0.2) is 0 Å². The topological polar surface area (TPSA) is 138 Å². The summed E-state index contributed by atoms with van der Waals surface area (Å²) in [4.78, 5) is 23.5. The monoisotopic (exact) mass is 832 g/mol. The van der Waals surface area contributed by atoms with Crippen molar-refractivity contribution in [3.8, 4) is 0 Å². The van der Waals surface area contributed by atoms with Crippen LogP contribution in [0.4, 0.5) is 56.9 Å². The Hall–Kier alpha value is -6.60. The summed E-state index contributed by atoms with van der Waals surface area (Å²) in [7, 11) is 19.0. The molecule has 12 heteroatoms. The maximum atomic E-state index is 10.9. The van der Waals surface area contributed by atoms with Gasteiger partial charge in [-0.05, 0) is 92.0 Å². The summed E-state index contributed by atoms with van der Waals surface area (Å²) in [6, 6.07) is 39.0. The van der Waals surface area contributed by atoms with E-state index in [0.29, 0.717) is 5.69 Å². The molecule has 0 aliphatic rings. The number of nitrogen functional groups attached to an aromatic ring is 2. The van der Waals surface area contributed by atoms with Gasteiger partial charge >= 0.3 is 0 Å². The number of carbonyl (C=O) groups is 2. The quantitative estimate of drug-likeness (QED) is 0.0480. The fourth-order valence-electron chi connectivity index (χ4n) is 5.18. The number of carbonyl (C=O) groups excluding carboxylic acids is 2. The van der Waals surface area contributed by atoms with Crippen molar-refractivity contribution < 1.29 is 9.59 Å². The second kappa shape index (κ2) is 25.1. The SMILES string of the molecule is C=C.C=CN(CC)c1ccc(N=Nc2cccc([N+](C)(C)C)c2)cc1.CC(=O)Nc1cccc(N)c1.CC(=O)Nc1cccc([N+](C)(C)C)c1.C[N+](C)(C)c1cccc(N)c1. The molecule has 0 aliphatic heterocycles. The number of anilines is 5. The van der Waals surface area contributed by atoms with E-state index in [0.717, 1.165) is 59.8 Å². The molecular formula is C49H71N10O2+3. The van der Waals surface area contributed by atoms with Crippen LogP contribution in [-0.2, 0) is 9.59 Å². The summed E-state index contributed by atoms with van der Waals surface area (Å²) < 4.78 is 2.31. The van der Waals surface area contributed by atoms with E-state index in [1.807, 2.05) is 85.1 Å². The normalized spacial score (nSPS) is 10.8. The maximum absolute atomic E-state index is 10.9. The first-order valence-corrected chi connectivity index (χ1v) is 19.8. The predicted octanol–water partition coefficient (Wildman–Crippen LogP) is 10.6. The molecule has 2 amide bonds. The van der Waals surface area contributed by atoms with Crippen molar-refractivity contribution >= 4 is 68.7 Å². The van der Waals surface area contributed by atoms with E-state index in [-0.39, 0.29) is 11.8 Å². The lowest BCUT2D eigenvalue weighted by Gasteiger charge is -2.23. The van der Waals surface area contributed by atoms with Crippen molar-refractivity contribution in [2.75, 3.05) is 97.0 Å². The zero-order valence-electron chi connectivity index (χ0n) is 38.6. The lowest BCUT2D eigenvalue weighted by Crippen LogP contribution is -2.34. The number of rotatable bonds is 10. The number of amides is 2. The molecular weight excluding hydrogens is 761 g/mol. The minimum absolute atomic E-state index is 0.0384. The number of hydrogen-bond donors (Lipinski definition) is 4. The van der Waals surface area contributed by atoms with Gasteiger partial charge in [-0.15, -0.1) is 13.2 Å². The molecule has 6 N–H and O–H groups in total. The van der Waals surface area contributed by atoms with E-state index in [4.69, 9.17) is 11.5 Å². The molecule has 0 heterocycles. The third kappa shape index (κ3) is 20.8. The van der Waals surface area contributed by atoms with Crippen LogP contribution in [0.5, 0.6) is 0 Å². The number of hydrogen-bond acceptors (Lipinski definition) is 7. The Balaban J connectivity index is 0.000000423. The molecule has 0 saturated heterocycles. The highest BCUT2D eigenvalue weighted by atomic mass is 16.2. The van der Waals surface area contributed by atoms with Crippen LogP contribution >= 0.6 is 0 Å². The minimum atomic E-state index is -0.0874. The van der Waals surface area contributed by atoms with E-state index >= 15 is 0 Å². The van der Waals surface area contributed by atoms with E-state index in [9.17, 15) is 9.59 Å². The summed E-state index contributed by atoms with van der Waals surface area (Å²) >= 11 is 0. The molecule has 0 fully saturated rings. The van der Waals surface area contributed by atoms with Gasteiger partial charge in [0, 0.05) is 67.0 Å². The van der Waals surface area contributed by atoms with E-state index in [2.05, 4.69) is 134 Å². The molecule has 61 heavy (non-hydrogen) atoms. The zero-order chi connectivity index (χ0) is 46.4. The van der Waals surface area contributed by atoms with Crippen molar-refractivity contribution in [2.45, 2.75) is 20.8 Å². The fraction of sp³-hybridized carbons (Fsp3) is 0.265. The largest absolute Gasteiger partial charge is 0.399 e. The number of nitrogens with two attached hydrogens (primary N) is 2. The highest BCUT2D eigenvalue weighted by Gasteiger charge is 2.13. The second-order valence-corrected chi connectivity index (χ2v) is 16.4. The molecule has 0 atom stereocenters. The standard InChI is InChI=1S/C19H25N4.C11H16N2O.C9H15N2.C8H10N2O.C2H4/c1-6-22(7-2)18-13-11-16(12-14-18)20-21-17-9-8-10-19(15-17)23(3,4)5;1-9(14)12-10-6-5-7-11(8-10)13(2,3)4;1-11(2,3)9-6-4-5-8(10)7-9;1-6(11)10-8-4-2-3-7(9)5-8;1-2/h6,8-15H,1,7H2,2-5H3;5-8H,1-4H3;4-7H,10H2,1-3H3;2-5H,9H2,1H3,(H,10,11);1-2H2/q+1;;+1;;/p+1.